The van der Waals surface area contributed by atoms with E-state index in [1.807, 2.05) is 24.3 Å². The number of halogens is 2. The topological polar surface area (TPSA) is 57.2 Å². The molecule has 1 heterocycles. The molecule has 0 atom stereocenters. The van der Waals surface area contributed by atoms with E-state index in [9.17, 15) is 4.79 Å². The van der Waals surface area contributed by atoms with E-state index in [0.29, 0.717) is 15.6 Å². The Morgan fingerprint density at radius 3 is 2.77 bits per heavy atom. The van der Waals surface area contributed by atoms with Gasteiger partial charge >= 0.3 is 0 Å². The Bertz CT molecular complexity index is 871. The standard InChI is InChI=1S/C16H11Cl2N3O/c17-13-6-5-10(7-14(13)18)8-20-21-16(22)12-9-19-15-4-2-1-3-11(12)15/h1-9,19H,(H,21,22)/b20-8-. The van der Waals surface area contributed by atoms with Crippen LogP contribution in [0.5, 0.6) is 0 Å². The largest absolute Gasteiger partial charge is 0.360 e. The number of carbonyl (C=O) groups is 1. The first-order valence-electron chi connectivity index (χ1n) is 6.50. The Morgan fingerprint density at radius 2 is 1.95 bits per heavy atom. The average molecular weight is 332 g/mol. The van der Waals surface area contributed by atoms with Gasteiger partial charge in [-0.25, -0.2) is 5.43 Å². The molecule has 0 saturated heterocycles. The summed E-state index contributed by atoms with van der Waals surface area (Å²) in [6, 6.07) is 12.7. The normalized spacial score (nSPS) is 11.2. The lowest BCUT2D eigenvalue weighted by Gasteiger charge is -1.99. The minimum Gasteiger partial charge on any atom is -0.360 e. The fourth-order valence-electron chi connectivity index (χ4n) is 2.08. The Balaban J connectivity index is 1.74. The van der Waals surface area contributed by atoms with Crippen LogP contribution in [0.3, 0.4) is 0 Å². The molecule has 0 radical (unpaired) electrons. The second-order valence-electron chi connectivity index (χ2n) is 4.62. The first kappa shape index (κ1) is 14.6. The second-order valence-corrected chi connectivity index (χ2v) is 5.44. The number of nitrogens with zero attached hydrogens (tertiary/aromatic N) is 1. The van der Waals surface area contributed by atoms with Crippen molar-refractivity contribution in [1.29, 1.82) is 0 Å². The fourth-order valence-corrected chi connectivity index (χ4v) is 2.38. The Labute approximate surface area is 136 Å². The number of benzene rings is 2. The van der Waals surface area contributed by atoms with Crippen LogP contribution in [-0.4, -0.2) is 17.1 Å². The number of hydrogen-bond acceptors (Lipinski definition) is 2. The lowest BCUT2D eigenvalue weighted by Crippen LogP contribution is -2.17. The fraction of sp³-hybridized carbons (Fsp3) is 0. The molecule has 0 spiro atoms. The number of carbonyl (C=O) groups excluding carboxylic acids is 1. The molecule has 6 heteroatoms. The molecule has 3 aromatic rings. The van der Waals surface area contributed by atoms with Crippen molar-refractivity contribution in [3.8, 4) is 0 Å². The number of aromatic amines is 1. The summed E-state index contributed by atoms with van der Waals surface area (Å²) in [5.41, 5.74) is 4.69. The number of para-hydroxylation sites is 1. The van der Waals surface area contributed by atoms with Crippen LogP contribution in [-0.2, 0) is 0 Å². The van der Waals surface area contributed by atoms with E-state index in [4.69, 9.17) is 23.2 Å². The van der Waals surface area contributed by atoms with Crippen molar-refractivity contribution < 1.29 is 4.79 Å². The van der Waals surface area contributed by atoms with Crippen molar-refractivity contribution in [2.24, 2.45) is 5.10 Å². The summed E-state index contributed by atoms with van der Waals surface area (Å²) >= 11 is 11.8. The van der Waals surface area contributed by atoms with Crippen molar-refractivity contribution in [3.05, 3.63) is 69.8 Å². The van der Waals surface area contributed by atoms with E-state index >= 15 is 0 Å². The number of H-pyrrole nitrogens is 1. The Morgan fingerprint density at radius 1 is 1.14 bits per heavy atom. The first-order valence-corrected chi connectivity index (χ1v) is 7.25. The molecular weight excluding hydrogens is 321 g/mol. The van der Waals surface area contributed by atoms with Crippen LogP contribution in [0, 0.1) is 0 Å². The van der Waals surface area contributed by atoms with Gasteiger partial charge in [-0.05, 0) is 23.8 Å². The molecule has 2 aromatic carbocycles. The smallest absolute Gasteiger partial charge is 0.273 e. The van der Waals surface area contributed by atoms with Crippen LogP contribution in [0.15, 0.2) is 53.8 Å². The molecule has 0 aliphatic rings. The maximum absolute atomic E-state index is 12.1. The summed E-state index contributed by atoms with van der Waals surface area (Å²) < 4.78 is 0. The molecule has 4 nitrogen and oxygen atoms in total. The van der Waals surface area contributed by atoms with Crippen LogP contribution in [0.4, 0.5) is 0 Å². The third kappa shape index (κ3) is 2.98. The van der Waals surface area contributed by atoms with Gasteiger partial charge in [0.1, 0.15) is 0 Å². The Hall–Kier alpha value is -2.30. The van der Waals surface area contributed by atoms with E-state index in [1.54, 1.807) is 24.4 Å². The van der Waals surface area contributed by atoms with Gasteiger partial charge in [0.25, 0.3) is 5.91 Å². The van der Waals surface area contributed by atoms with E-state index in [2.05, 4.69) is 15.5 Å². The maximum atomic E-state index is 12.1. The van der Waals surface area contributed by atoms with E-state index in [0.717, 1.165) is 16.5 Å². The monoisotopic (exact) mass is 331 g/mol. The molecule has 0 unspecified atom stereocenters. The van der Waals surface area contributed by atoms with Crippen molar-refractivity contribution in [2.45, 2.75) is 0 Å². The predicted octanol–water partition coefficient (Wildman–Crippen LogP) is 4.24. The molecule has 0 aliphatic carbocycles. The van der Waals surface area contributed by atoms with Gasteiger partial charge in [-0.15, -0.1) is 0 Å². The van der Waals surface area contributed by atoms with E-state index < -0.39 is 0 Å². The average Bonchev–Trinajstić information content (AvgIpc) is 2.95. The van der Waals surface area contributed by atoms with E-state index in [-0.39, 0.29) is 5.91 Å². The molecule has 1 amide bonds. The molecule has 1 aromatic heterocycles. The van der Waals surface area contributed by atoms with Gasteiger partial charge in [0.15, 0.2) is 0 Å². The number of aromatic nitrogens is 1. The van der Waals surface area contributed by atoms with Crippen LogP contribution in [0.2, 0.25) is 10.0 Å². The van der Waals surface area contributed by atoms with Gasteiger partial charge in [0.05, 0.1) is 21.8 Å². The van der Waals surface area contributed by atoms with Crippen LogP contribution in [0.25, 0.3) is 10.9 Å². The predicted molar refractivity (Wildman–Crippen MR) is 89.8 cm³/mol. The van der Waals surface area contributed by atoms with Crippen molar-refractivity contribution in [3.63, 3.8) is 0 Å². The quantitative estimate of drug-likeness (QED) is 0.547. The second kappa shape index (κ2) is 6.22. The minimum absolute atomic E-state index is 0.284. The highest BCUT2D eigenvalue weighted by molar-refractivity contribution is 6.42. The zero-order chi connectivity index (χ0) is 15.5. The summed E-state index contributed by atoms with van der Waals surface area (Å²) in [5, 5.41) is 5.70. The molecule has 0 bridgehead atoms. The molecular formula is C16H11Cl2N3O. The summed E-state index contributed by atoms with van der Waals surface area (Å²) in [7, 11) is 0. The number of rotatable bonds is 3. The van der Waals surface area contributed by atoms with Gasteiger partial charge < -0.3 is 4.98 Å². The van der Waals surface area contributed by atoms with Crippen molar-refractivity contribution in [2.75, 3.05) is 0 Å². The van der Waals surface area contributed by atoms with Gasteiger partial charge in [-0.3, -0.25) is 4.79 Å². The summed E-state index contributed by atoms with van der Waals surface area (Å²) in [6.07, 6.45) is 3.17. The van der Waals surface area contributed by atoms with Gasteiger partial charge in [-0.1, -0.05) is 47.5 Å². The number of hydrazone groups is 1. The van der Waals surface area contributed by atoms with Crippen LogP contribution in [0.1, 0.15) is 15.9 Å². The highest BCUT2D eigenvalue weighted by Gasteiger charge is 2.10. The molecule has 0 saturated carbocycles. The van der Waals surface area contributed by atoms with Gasteiger partial charge in [0, 0.05) is 17.1 Å². The maximum Gasteiger partial charge on any atom is 0.273 e. The molecule has 0 fully saturated rings. The summed E-state index contributed by atoms with van der Waals surface area (Å²) in [4.78, 5) is 15.2. The summed E-state index contributed by atoms with van der Waals surface area (Å²) in [5.74, 6) is -0.284. The van der Waals surface area contributed by atoms with Crippen LogP contribution < -0.4 is 5.43 Å². The number of fused-ring (bicyclic) bond motifs is 1. The molecule has 2 N–H and O–H groups in total. The van der Waals surface area contributed by atoms with Crippen molar-refractivity contribution in [1.82, 2.24) is 10.4 Å². The lowest BCUT2D eigenvalue weighted by atomic mass is 10.2. The third-order valence-electron chi connectivity index (χ3n) is 3.16. The number of nitrogens with one attached hydrogen (secondary N) is 2. The molecule has 0 aliphatic heterocycles. The van der Waals surface area contributed by atoms with Gasteiger partial charge in [0.2, 0.25) is 0 Å². The highest BCUT2D eigenvalue weighted by Crippen LogP contribution is 2.21. The molecule has 22 heavy (non-hydrogen) atoms. The van der Waals surface area contributed by atoms with E-state index in [1.165, 1.54) is 6.21 Å². The highest BCUT2D eigenvalue weighted by atomic mass is 35.5. The lowest BCUT2D eigenvalue weighted by molar-refractivity contribution is 0.0957. The summed E-state index contributed by atoms with van der Waals surface area (Å²) in [6.45, 7) is 0. The minimum atomic E-state index is -0.284. The number of hydrogen-bond donors (Lipinski definition) is 2. The molecule has 110 valence electrons. The zero-order valence-corrected chi connectivity index (χ0v) is 12.8. The van der Waals surface area contributed by atoms with Crippen molar-refractivity contribution >= 4 is 46.2 Å². The first-order chi connectivity index (χ1) is 10.6. The molecule has 3 rings (SSSR count). The third-order valence-corrected chi connectivity index (χ3v) is 3.90. The zero-order valence-electron chi connectivity index (χ0n) is 11.3. The Kier molecular flexibility index (Phi) is 4.13. The van der Waals surface area contributed by atoms with Crippen LogP contribution >= 0.6 is 23.2 Å². The number of amides is 1. The van der Waals surface area contributed by atoms with Gasteiger partial charge in [-0.2, -0.15) is 5.10 Å². The SMILES string of the molecule is O=C(N/N=C\c1ccc(Cl)c(Cl)c1)c1c[nH]c2ccccc12.